The Bertz CT molecular complexity index is 204. The summed E-state index contributed by atoms with van der Waals surface area (Å²) < 4.78 is 4.82. The van der Waals surface area contributed by atoms with Gasteiger partial charge < -0.3 is 9.64 Å². The van der Waals surface area contributed by atoms with Crippen molar-refractivity contribution < 1.29 is 9.53 Å². The number of carbonyl (C=O) groups is 1. The highest BCUT2D eigenvalue weighted by Crippen LogP contribution is 2.09. The molecule has 13 heavy (non-hydrogen) atoms. The van der Waals surface area contributed by atoms with E-state index in [-0.39, 0.29) is 5.97 Å². The Hall–Kier alpha value is -1.06. The van der Waals surface area contributed by atoms with Gasteiger partial charge in [0.2, 0.25) is 0 Å². The molecule has 0 amide bonds. The predicted molar refractivity (Wildman–Crippen MR) is 49.8 cm³/mol. The maximum atomic E-state index is 10.5. The molecule has 0 atom stereocenters. The van der Waals surface area contributed by atoms with Crippen LogP contribution in [0, 0.1) is 5.41 Å². The van der Waals surface area contributed by atoms with Crippen LogP contribution >= 0.6 is 0 Å². The number of piperidine rings is 1. The molecule has 0 radical (unpaired) electrons. The Kier molecular flexibility index (Phi) is 3.73. The highest BCUT2D eigenvalue weighted by molar-refractivity contribution is 5.79. The van der Waals surface area contributed by atoms with Gasteiger partial charge in [0, 0.05) is 19.9 Å². The second kappa shape index (κ2) is 4.84. The van der Waals surface area contributed by atoms with E-state index in [0.29, 0.717) is 19.0 Å². The van der Waals surface area contributed by atoms with Crippen LogP contribution in [0.15, 0.2) is 0 Å². The van der Waals surface area contributed by atoms with E-state index in [1.807, 2.05) is 4.90 Å². The monoisotopic (exact) mass is 184 g/mol. The molecule has 0 bridgehead atoms. The van der Waals surface area contributed by atoms with Crippen molar-refractivity contribution in [3.8, 4) is 0 Å². The van der Waals surface area contributed by atoms with Crippen LogP contribution in [-0.4, -0.2) is 36.4 Å². The molecule has 0 aromatic carbocycles. The van der Waals surface area contributed by atoms with E-state index < -0.39 is 0 Å². The minimum atomic E-state index is -0.247. The van der Waals surface area contributed by atoms with Crippen LogP contribution in [0.5, 0.6) is 0 Å². The van der Waals surface area contributed by atoms with Crippen molar-refractivity contribution in [1.82, 2.24) is 4.90 Å². The number of nitrogens with zero attached hydrogens (tertiary/aromatic N) is 1. The Labute approximate surface area is 78.4 Å². The molecule has 1 saturated heterocycles. The number of hydrogen-bond donors (Lipinski definition) is 1. The lowest BCUT2D eigenvalue weighted by Crippen LogP contribution is -2.37. The predicted octanol–water partition coefficient (Wildman–Crippen LogP) is 1.01. The summed E-state index contributed by atoms with van der Waals surface area (Å²) in [6.07, 6.45) is 3.12. The van der Waals surface area contributed by atoms with Gasteiger partial charge in [-0.3, -0.25) is 10.2 Å². The van der Waals surface area contributed by atoms with Crippen molar-refractivity contribution in [2.24, 2.45) is 0 Å². The fraction of sp³-hybridized carbons (Fsp3) is 0.778. The van der Waals surface area contributed by atoms with Crippen LogP contribution in [0.1, 0.15) is 26.2 Å². The Morgan fingerprint density at radius 2 is 2.38 bits per heavy atom. The number of esters is 1. The molecule has 0 spiro atoms. The minimum Gasteiger partial charge on any atom is -0.464 e. The zero-order chi connectivity index (χ0) is 9.68. The summed E-state index contributed by atoms with van der Waals surface area (Å²) in [6.45, 7) is 3.40. The highest BCUT2D eigenvalue weighted by Gasteiger charge is 2.14. The average Bonchev–Trinajstić information content (AvgIpc) is 2.08. The van der Waals surface area contributed by atoms with E-state index in [2.05, 4.69) is 0 Å². The third-order valence-electron chi connectivity index (χ3n) is 2.14. The minimum absolute atomic E-state index is 0.247. The second-order valence-electron chi connectivity index (χ2n) is 3.23. The van der Waals surface area contributed by atoms with Gasteiger partial charge in [0.25, 0.3) is 0 Å². The summed E-state index contributed by atoms with van der Waals surface area (Å²) in [4.78, 5) is 12.5. The molecule has 1 rings (SSSR count). The standard InChI is InChI=1S/C9H16N2O2/c1-8(12)13-7-6-11-5-3-2-4-9(11)10/h10H,2-7H2,1H3. The smallest absolute Gasteiger partial charge is 0.302 e. The fourth-order valence-corrected chi connectivity index (χ4v) is 1.43. The molecule has 0 aromatic rings. The van der Waals surface area contributed by atoms with Crippen LogP contribution in [0.2, 0.25) is 0 Å². The zero-order valence-electron chi connectivity index (χ0n) is 8.01. The molecule has 0 unspecified atom stereocenters. The van der Waals surface area contributed by atoms with Crippen LogP contribution in [0.3, 0.4) is 0 Å². The number of carbonyl (C=O) groups excluding carboxylic acids is 1. The Morgan fingerprint density at radius 3 is 3.00 bits per heavy atom. The molecule has 0 aliphatic carbocycles. The van der Waals surface area contributed by atoms with E-state index in [9.17, 15) is 4.79 Å². The number of amidine groups is 1. The SMILES string of the molecule is CC(=O)OCCN1CCCCC1=N. The van der Waals surface area contributed by atoms with Gasteiger partial charge in [-0.1, -0.05) is 0 Å². The molecule has 1 fully saturated rings. The molecule has 4 nitrogen and oxygen atoms in total. The summed E-state index contributed by atoms with van der Waals surface area (Å²) in [7, 11) is 0. The Balaban J connectivity index is 2.19. The number of hydrogen-bond acceptors (Lipinski definition) is 3. The maximum absolute atomic E-state index is 10.5. The topological polar surface area (TPSA) is 53.4 Å². The summed E-state index contributed by atoms with van der Waals surface area (Å²) >= 11 is 0. The molecule has 1 N–H and O–H groups in total. The van der Waals surface area contributed by atoms with Gasteiger partial charge in [-0.15, -0.1) is 0 Å². The fourth-order valence-electron chi connectivity index (χ4n) is 1.43. The number of likely N-dealkylation sites (tertiary alicyclic amines) is 1. The first-order chi connectivity index (χ1) is 6.20. The first kappa shape index (κ1) is 10.0. The normalized spacial score (nSPS) is 17.3. The van der Waals surface area contributed by atoms with Gasteiger partial charge in [0.1, 0.15) is 6.61 Å². The highest BCUT2D eigenvalue weighted by atomic mass is 16.5. The maximum Gasteiger partial charge on any atom is 0.302 e. The zero-order valence-corrected chi connectivity index (χ0v) is 8.01. The summed E-state index contributed by atoms with van der Waals surface area (Å²) in [5, 5.41) is 7.62. The van der Waals surface area contributed by atoms with Gasteiger partial charge in [0.05, 0.1) is 12.4 Å². The summed E-state index contributed by atoms with van der Waals surface area (Å²) in [5.74, 6) is 0.432. The van der Waals surface area contributed by atoms with Crippen molar-refractivity contribution in [1.29, 1.82) is 5.41 Å². The van der Waals surface area contributed by atoms with Crippen molar-refractivity contribution in [2.45, 2.75) is 26.2 Å². The third kappa shape index (κ3) is 3.44. The van der Waals surface area contributed by atoms with Crippen molar-refractivity contribution >= 4 is 11.8 Å². The van der Waals surface area contributed by atoms with E-state index in [4.69, 9.17) is 10.1 Å². The average molecular weight is 184 g/mol. The van der Waals surface area contributed by atoms with Crippen molar-refractivity contribution in [3.05, 3.63) is 0 Å². The molecule has 1 heterocycles. The first-order valence-electron chi connectivity index (χ1n) is 4.66. The molecule has 4 heteroatoms. The van der Waals surface area contributed by atoms with Crippen LogP contribution in [0.4, 0.5) is 0 Å². The number of ether oxygens (including phenoxy) is 1. The lowest BCUT2D eigenvalue weighted by molar-refractivity contribution is -0.141. The van der Waals surface area contributed by atoms with Crippen molar-refractivity contribution in [2.75, 3.05) is 19.7 Å². The number of rotatable bonds is 3. The van der Waals surface area contributed by atoms with Gasteiger partial charge in [-0.2, -0.15) is 0 Å². The quantitative estimate of drug-likeness (QED) is 0.666. The molecular weight excluding hydrogens is 168 g/mol. The summed E-state index contributed by atoms with van der Waals surface area (Å²) in [6, 6.07) is 0. The molecular formula is C9H16N2O2. The van der Waals surface area contributed by atoms with Gasteiger partial charge in [-0.05, 0) is 12.8 Å². The van der Waals surface area contributed by atoms with Crippen molar-refractivity contribution in [3.63, 3.8) is 0 Å². The molecule has 1 aliphatic heterocycles. The second-order valence-corrected chi connectivity index (χ2v) is 3.23. The molecule has 0 saturated carbocycles. The van der Waals surface area contributed by atoms with E-state index in [1.54, 1.807) is 0 Å². The third-order valence-corrected chi connectivity index (χ3v) is 2.14. The lowest BCUT2D eigenvalue weighted by Gasteiger charge is -2.28. The largest absolute Gasteiger partial charge is 0.464 e. The molecule has 0 aromatic heterocycles. The van der Waals surface area contributed by atoms with E-state index >= 15 is 0 Å². The van der Waals surface area contributed by atoms with Gasteiger partial charge >= 0.3 is 5.97 Å². The van der Waals surface area contributed by atoms with E-state index in [0.717, 1.165) is 25.8 Å². The van der Waals surface area contributed by atoms with Crippen LogP contribution in [0.25, 0.3) is 0 Å². The molecule has 1 aliphatic rings. The van der Waals surface area contributed by atoms with E-state index in [1.165, 1.54) is 6.92 Å². The molecule has 74 valence electrons. The van der Waals surface area contributed by atoms with Gasteiger partial charge in [-0.25, -0.2) is 0 Å². The number of nitrogens with one attached hydrogen (secondary N) is 1. The van der Waals surface area contributed by atoms with Gasteiger partial charge in [0.15, 0.2) is 0 Å². The summed E-state index contributed by atoms with van der Waals surface area (Å²) in [5.41, 5.74) is 0. The Morgan fingerprint density at radius 1 is 1.62 bits per heavy atom. The van der Waals surface area contributed by atoms with Crippen LogP contribution < -0.4 is 0 Å². The van der Waals surface area contributed by atoms with Crippen LogP contribution in [-0.2, 0) is 9.53 Å². The first-order valence-corrected chi connectivity index (χ1v) is 4.66. The lowest BCUT2D eigenvalue weighted by atomic mass is 10.1.